The summed E-state index contributed by atoms with van der Waals surface area (Å²) in [4.78, 5) is 12.0. The number of hydrogen-bond donors (Lipinski definition) is 1. The Morgan fingerprint density at radius 1 is 1.65 bits per heavy atom. The van der Waals surface area contributed by atoms with Gasteiger partial charge in [0.25, 0.3) is 0 Å². The maximum Gasteiger partial charge on any atom is 0.313 e. The van der Waals surface area contributed by atoms with Crippen LogP contribution in [0.3, 0.4) is 0 Å². The van der Waals surface area contributed by atoms with Gasteiger partial charge in [0.05, 0.1) is 18.2 Å². The van der Waals surface area contributed by atoms with E-state index in [0.29, 0.717) is 24.7 Å². The van der Waals surface area contributed by atoms with Gasteiger partial charge in [-0.25, -0.2) is 0 Å². The summed E-state index contributed by atoms with van der Waals surface area (Å²) >= 11 is 0. The van der Waals surface area contributed by atoms with Gasteiger partial charge in [-0.1, -0.05) is 24.6 Å². The maximum atomic E-state index is 12.0. The van der Waals surface area contributed by atoms with Crippen molar-refractivity contribution in [2.24, 2.45) is 22.9 Å². The Balaban J connectivity index is 3.01. The minimum atomic E-state index is -0.208. The van der Waals surface area contributed by atoms with E-state index in [1.54, 1.807) is 6.08 Å². The van der Waals surface area contributed by atoms with Gasteiger partial charge in [-0.15, -0.1) is 0 Å². The van der Waals surface area contributed by atoms with Crippen LogP contribution in [0.4, 0.5) is 0 Å². The van der Waals surface area contributed by atoms with Crippen LogP contribution in [-0.4, -0.2) is 23.5 Å². The molecule has 0 radical (unpaired) electrons. The second-order valence-corrected chi connectivity index (χ2v) is 4.82. The third kappa shape index (κ3) is 3.08. The number of carbonyl (C=O) groups excluding carboxylic acids is 1. The molecule has 1 rings (SSSR count). The number of rotatable bonds is 3. The van der Waals surface area contributed by atoms with Gasteiger partial charge in [0.2, 0.25) is 0 Å². The molecule has 0 aromatic carbocycles. The van der Waals surface area contributed by atoms with Gasteiger partial charge in [-0.3, -0.25) is 4.79 Å². The van der Waals surface area contributed by atoms with Gasteiger partial charge in [0, 0.05) is 0 Å². The number of nitrogens with zero attached hydrogens (tertiary/aromatic N) is 1. The lowest BCUT2D eigenvalue weighted by Gasteiger charge is -2.32. The first-order chi connectivity index (χ1) is 8.01. The normalized spacial score (nSPS) is 27.1. The zero-order valence-corrected chi connectivity index (χ0v) is 10.9. The van der Waals surface area contributed by atoms with Crippen LogP contribution >= 0.6 is 0 Å². The molecule has 0 bridgehead atoms. The van der Waals surface area contributed by atoms with Crippen LogP contribution in [0.25, 0.3) is 0 Å². The fraction of sp³-hybridized carbons (Fsp3) is 0.692. The molecule has 0 aliphatic heterocycles. The highest BCUT2D eigenvalue weighted by Crippen LogP contribution is 2.35. The first-order valence-electron chi connectivity index (χ1n) is 6.07. The summed E-state index contributed by atoms with van der Waals surface area (Å²) < 4.78 is 5.12. The SMILES string of the molecule is CCOC(=O)[C@H]1C(C)=C/C(=N/O)C[C@H]1C(C)C. The zero-order valence-electron chi connectivity index (χ0n) is 10.9. The molecular formula is C13H21NO3. The van der Waals surface area contributed by atoms with E-state index in [9.17, 15) is 4.79 Å². The monoisotopic (exact) mass is 239 g/mol. The van der Waals surface area contributed by atoms with Crippen LogP contribution < -0.4 is 0 Å². The first kappa shape index (κ1) is 13.7. The predicted molar refractivity (Wildman–Crippen MR) is 66.0 cm³/mol. The molecular weight excluding hydrogens is 218 g/mol. The molecule has 0 heterocycles. The average molecular weight is 239 g/mol. The van der Waals surface area contributed by atoms with Crippen LogP contribution in [0.15, 0.2) is 16.8 Å². The maximum absolute atomic E-state index is 12.0. The summed E-state index contributed by atoms with van der Waals surface area (Å²) in [5.74, 6) is 0.104. The third-order valence-electron chi connectivity index (χ3n) is 3.28. The summed E-state index contributed by atoms with van der Waals surface area (Å²) in [5.41, 5.74) is 1.56. The van der Waals surface area contributed by atoms with Crippen LogP contribution in [0.1, 0.15) is 34.1 Å². The van der Waals surface area contributed by atoms with E-state index in [-0.39, 0.29) is 17.8 Å². The summed E-state index contributed by atoms with van der Waals surface area (Å²) in [5, 5.41) is 12.1. The number of ether oxygens (including phenoxy) is 1. The lowest BCUT2D eigenvalue weighted by atomic mass is 9.73. The molecule has 0 fully saturated rings. The fourth-order valence-corrected chi connectivity index (χ4v) is 2.39. The van der Waals surface area contributed by atoms with E-state index in [2.05, 4.69) is 19.0 Å². The van der Waals surface area contributed by atoms with Gasteiger partial charge in [-0.05, 0) is 38.2 Å². The van der Waals surface area contributed by atoms with E-state index < -0.39 is 0 Å². The van der Waals surface area contributed by atoms with Gasteiger partial charge in [0.1, 0.15) is 0 Å². The van der Waals surface area contributed by atoms with Crippen molar-refractivity contribution in [3.63, 3.8) is 0 Å². The Morgan fingerprint density at radius 2 is 2.29 bits per heavy atom. The lowest BCUT2D eigenvalue weighted by Crippen LogP contribution is -2.34. The van der Waals surface area contributed by atoms with E-state index in [1.807, 2.05) is 13.8 Å². The predicted octanol–water partition coefficient (Wildman–Crippen LogP) is 2.62. The first-order valence-corrected chi connectivity index (χ1v) is 6.07. The van der Waals surface area contributed by atoms with E-state index in [4.69, 9.17) is 9.94 Å². The molecule has 0 aromatic heterocycles. The minimum Gasteiger partial charge on any atom is -0.466 e. The van der Waals surface area contributed by atoms with Gasteiger partial charge in [0.15, 0.2) is 0 Å². The van der Waals surface area contributed by atoms with Gasteiger partial charge >= 0.3 is 5.97 Å². The smallest absolute Gasteiger partial charge is 0.313 e. The summed E-state index contributed by atoms with van der Waals surface area (Å²) in [6.07, 6.45) is 2.40. The quantitative estimate of drug-likeness (QED) is 0.468. The van der Waals surface area contributed by atoms with Gasteiger partial charge in [-0.2, -0.15) is 0 Å². The molecule has 17 heavy (non-hydrogen) atoms. The molecule has 0 spiro atoms. The van der Waals surface area contributed by atoms with Crippen LogP contribution in [-0.2, 0) is 9.53 Å². The largest absolute Gasteiger partial charge is 0.466 e. The third-order valence-corrected chi connectivity index (χ3v) is 3.28. The van der Waals surface area contributed by atoms with Crippen molar-refractivity contribution in [3.05, 3.63) is 11.6 Å². The fourth-order valence-electron chi connectivity index (χ4n) is 2.39. The highest BCUT2D eigenvalue weighted by molar-refractivity contribution is 5.98. The topological polar surface area (TPSA) is 58.9 Å². The number of oxime groups is 1. The number of hydrogen-bond acceptors (Lipinski definition) is 4. The molecule has 0 saturated carbocycles. The Labute approximate surface area is 102 Å². The van der Waals surface area contributed by atoms with Crippen molar-refractivity contribution in [1.29, 1.82) is 0 Å². The van der Waals surface area contributed by atoms with Crippen molar-refractivity contribution < 1.29 is 14.7 Å². The van der Waals surface area contributed by atoms with E-state index in [0.717, 1.165) is 5.57 Å². The van der Waals surface area contributed by atoms with Crippen LogP contribution in [0.2, 0.25) is 0 Å². The average Bonchev–Trinajstić information content (AvgIpc) is 2.27. The summed E-state index contributed by atoms with van der Waals surface area (Å²) in [6.45, 7) is 8.25. The number of allylic oxidation sites excluding steroid dienone is 1. The Kier molecular flexibility index (Phi) is 4.73. The molecule has 0 amide bonds. The highest BCUT2D eigenvalue weighted by atomic mass is 16.5. The summed E-state index contributed by atoms with van der Waals surface area (Å²) in [6, 6.07) is 0. The molecule has 0 aromatic rings. The number of carbonyl (C=O) groups is 1. The molecule has 1 aliphatic rings. The van der Waals surface area contributed by atoms with Crippen molar-refractivity contribution >= 4 is 11.7 Å². The summed E-state index contributed by atoms with van der Waals surface area (Å²) in [7, 11) is 0. The molecule has 0 unspecified atom stereocenters. The standard InChI is InChI=1S/C13H21NO3/c1-5-17-13(15)12-9(4)6-10(14-16)7-11(12)8(2)3/h6,8,11-12,16H,5,7H2,1-4H3/b14-10-/t11-,12-/m0/s1. The van der Waals surface area contributed by atoms with Crippen LogP contribution in [0.5, 0.6) is 0 Å². The van der Waals surface area contributed by atoms with Crippen LogP contribution in [0, 0.1) is 17.8 Å². The molecule has 96 valence electrons. The molecule has 4 nitrogen and oxygen atoms in total. The van der Waals surface area contributed by atoms with E-state index >= 15 is 0 Å². The van der Waals surface area contributed by atoms with Gasteiger partial charge < -0.3 is 9.94 Å². The minimum absolute atomic E-state index is 0.143. The molecule has 1 N–H and O–H groups in total. The lowest BCUT2D eigenvalue weighted by molar-refractivity contribution is -0.149. The second-order valence-electron chi connectivity index (χ2n) is 4.82. The second kappa shape index (κ2) is 5.84. The Bertz CT molecular complexity index is 345. The zero-order chi connectivity index (χ0) is 13.0. The van der Waals surface area contributed by atoms with E-state index in [1.165, 1.54) is 0 Å². The van der Waals surface area contributed by atoms with Crippen molar-refractivity contribution in [2.75, 3.05) is 6.61 Å². The molecule has 0 saturated heterocycles. The molecule has 4 heteroatoms. The number of esters is 1. The van der Waals surface area contributed by atoms with Crippen molar-refractivity contribution in [1.82, 2.24) is 0 Å². The Hall–Kier alpha value is -1.32. The molecule has 2 atom stereocenters. The Morgan fingerprint density at radius 3 is 2.76 bits per heavy atom. The van der Waals surface area contributed by atoms with Crippen molar-refractivity contribution in [3.8, 4) is 0 Å². The molecule has 1 aliphatic carbocycles. The van der Waals surface area contributed by atoms with Crippen molar-refractivity contribution in [2.45, 2.75) is 34.1 Å². The highest BCUT2D eigenvalue weighted by Gasteiger charge is 2.36.